The molecular weight excluding hydrogens is 272 g/mol. The Morgan fingerprint density at radius 1 is 0.800 bits per heavy atom. The van der Waals surface area contributed by atoms with Gasteiger partial charge in [0.2, 0.25) is 0 Å². The van der Waals surface area contributed by atoms with E-state index in [2.05, 4.69) is 12.4 Å². The molecule has 20 heavy (non-hydrogen) atoms. The summed E-state index contributed by atoms with van der Waals surface area (Å²) in [7, 11) is 0. The average molecular weight is 305 g/mol. The van der Waals surface area contributed by atoms with Crippen LogP contribution in [0.5, 0.6) is 0 Å². The number of rotatable bonds is 13. The normalized spacial score (nSPS) is 9.50. The van der Waals surface area contributed by atoms with E-state index in [9.17, 15) is 4.79 Å². The third-order valence-corrected chi connectivity index (χ3v) is 3.11. The minimum atomic E-state index is -0.179. The van der Waals surface area contributed by atoms with E-state index in [1.807, 2.05) is 0 Å². The van der Waals surface area contributed by atoms with Gasteiger partial charge in [-0.25, -0.2) is 0 Å². The van der Waals surface area contributed by atoms with Crippen LogP contribution < -0.4 is 5.48 Å². The van der Waals surface area contributed by atoms with Gasteiger partial charge < -0.3 is 4.84 Å². The molecule has 0 unspecified atom stereocenters. The number of hydrogen-bond acceptors (Lipinski definition) is 3. The SMILES string of the molecule is CCCCCCCCCCCCNOC(=O)CC.[NaH].[NaH]. The van der Waals surface area contributed by atoms with Gasteiger partial charge in [0.05, 0.1) is 0 Å². The van der Waals surface area contributed by atoms with Gasteiger partial charge in [-0.3, -0.25) is 4.79 Å². The van der Waals surface area contributed by atoms with Gasteiger partial charge in [-0.05, 0) is 6.42 Å². The minimum absolute atomic E-state index is 0. The molecule has 0 atom stereocenters. The summed E-state index contributed by atoms with van der Waals surface area (Å²) in [6.45, 7) is 4.83. The molecule has 1 N–H and O–H groups in total. The fraction of sp³-hybridized carbons (Fsp3) is 0.933. The second-order valence-corrected chi connectivity index (χ2v) is 4.90. The summed E-state index contributed by atoms with van der Waals surface area (Å²) in [6, 6.07) is 0. The van der Waals surface area contributed by atoms with Crippen LogP contribution in [0.15, 0.2) is 0 Å². The van der Waals surface area contributed by atoms with Crippen molar-refractivity contribution in [3.05, 3.63) is 0 Å². The zero-order chi connectivity index (χ0) is 13.5. The third-order valence-electron chi connectivity index (χ3n) is 3.11. The number of hydroxylamine groups is 1. The molecule has 0 aliphatic heterocycles. The van der Waals surface area contributed by atoms with Crippen molar-refractivity contribution in [2.24, 2.45) is 0 Å². The molecule has 0 spiro atoms. The standard InChI is InChI=1S/C15H31NO2.2Na.2H/c1-3-5-6-7-8-9-10-11-12-13-14-16-18-15(17)4-2;;;;/h16H,3-14H2,1-2H3;;;;. The number of carbonyl (C=O) groups excluding carboxylic acids is 1. The van der Waals surface area contributed by atoms with Gasteiger partial charge in [0, 0.05) is 13.0 Å². The van der Waals surface area contributed by atoms with Crippen LogP contribution in [0.4, 0.5) is 0 Å². The van der Waals surface area contributed by atoms with Crippen LogP contribution in [0.3, 0.4) is 0 Å². The van der Waals surface area contributed by atoms with E-state index in [4.69, 9.17) is 4.84 Å². The predicted molar refractivity (Wildman–Crippen MR) is 90.5 cm³/mol. The van der Waals surface area contributed by atoms with Gasteiger partial charge in [0.25, 0.3) is 0 Å². The van der Waals surface area contributed by atoms with Gasteiger partial charge in [-0.2, -0.15) is 5.48 Å². The van der Waals surface area contributed by atoms with Crippen LogP contribution in [0.2, 0.25) is 0 Å². The summed E-state index contributed by atoms with van der Waals surface area (Å²) >= 11 is 0. The fourth-order valence-electron chi connectivity index (χ4n) is 1.89. The van der Waals surface area contributed by atoms with Crippen LogP contribution in [-0.2, 0) is 9.63 Å². The van der Waals surface area contributed by atoms with E-state index in [-0.39, 0.29) is 65.1 Å². The van der Waals surface area contributed by atoms with Gasteiger partial charge in [-0.15, -0.1) is 0 Å². The maximum atomic E-state index is 10.8. The number of unbranched alkanes of at least 4 members (excludes halogenated alkanes) is 9. The Bertz CT molecular complexity index is 193. The first kappa shape index (κ1) is 26.3. The molecule has 112 valence electrons. The van der Waals surface area contributed by atoms with E-state index >= 15 is 0 Å². The molecule has 0 aliphatic rings. The first-order valence-electron chi connectivity index (χ1n) is 7.73. The van der Waals surface area contributed by atoms with E-state index < -0.39 is 0 Å². The van der Waals surface area contributed by atoms with Crippen molar-refractivity contribution < 1.29 is 9.63 Å². The Balaban J connectivity index is -0.00000144. The predicted octanol–water partition coefficient (Wildman–Crippen LogP) is 3.07. The molecule has 0 aromatic rings. The fourth-order valence-corrected chi connectivity index (χ4v) is 1.89. The van der Waals surface area contributed by atoms with E-state index in [1.165, 1.54) is 57.8 Å². The molecule has 3 nitrogen and oxygen atoms in total. The van der Waals surface area contributed by atoms with Crippen molar-refractivity contribution in [3.63, 3.8) is 0 Å². The Morgan fingerprint density at radius 2 is 1.25 bits per heavy atom. The van der Waals surface area contributed by atoms with Crippen LogP contribution in [-0.4, -0.2) is 71.6 Å². The molecule has 0 heterocycles. The number of carbonyl (C=O) groups is 1. The molecule has 0 aliphatic carbocycles. The molecule has 0 radical (unpaired) electrons. The van der Waals surface area contributed by atoms with Gasteiger partial charge in [0.15, 0.2) is 0 Å². The summed E-state index contributed by atoms with van der Waals surface area (Å²) in [5, 5.41) is 0. The van der Waals surface area contributed by atoms with Crippen LogP contribution in [0, 0.1) is 0 Å². The molecule has 0 bridgehead atoms. The Hall–Kier alpha value is 1.43. The molecule has 0 rings (SSSR count). The van der Waals surface area contributed by atoms with Crippen molar-refractivity contribution in [1.82, 2.24) is 5.48 Å². The van der Waals surface area contributed by atoms with Crippen molar-refractivity contribution in [3.8, 4) is 0 Å². The van der Waals surface area contributed by atoms with Gasteiger partial charge in [-0.1, -0.05) is 71.6 Å². The molecular formula is C15H33NNa2O2. The molecule has 0 aromatic carbocycles. The zero-order valence-corrected chi connectivity index (χ0v) is 12.3. The molecule has 0 fully saturated rings. The van der Waals surface area contributed by atoms with Crippen molar-refractivity contribution in [1.29, 1.82) is 0 Å². The van der Waals surface area contributed by atoms with Gasteiger partial charge >= 0.3 is 65.1 Å². The maximum absolute atomic E-state index is 10.8. The van der Waals surface area contributed by atoms with Crippen molar-refractivity contribution in [2.45, 2.75) is 84.5 Å². The van der Waals surface area contributed by atoms with Crippen molar-refractivity contribution in [2.75, 3.05) is 6.54 Å². The summed E-state index contributed by atoms with van der Waals surface area (Å²) in [4.78, 5) is 15.6. The molecule has 0 saturated carbocycles. The second kappa shape index (κ2) is 22.7. The van der Waals surface area contributed by atoms with E-state index in [1.54, 1.807) is 6.92 Å². The van der Waals surface area contributed by atoms with Crippen LogP contribution >= 0.6 is 0 Å². The number of nitrogens with one attached hydrogen (secondary N) is 1. The monoisotopic (exact) mass is 305 g/mol. The number of hydrogen-bond donors (Lipinski definition) is 1. The van der Waals surface area contributed by atoms with Crippen LogP contribution in [0.1, 0.15) is 84.5 Å². The van der Waals surface area contributed by atoms with E-state index in [0.29, 0.717) is 6.42 Å². The second-order valence-electron chi connectivity index (χ2n) is 4.90. The summed E-state index contributed by atoms with van der Waals surface area (Å²) < 4.78 is 0. The summed E-state index contributed by atoms with van der Waals surface area (Å²) in [5.41, 5.74) is 2.71. The third kappa shape index (κ3) is 21.7. The van der Waals surface area contributed by atoms with Gasteiger partial charge in [0.1, 0.15) is 0 Å². The Kier molecular flexibility index (Phi) is 29.9. The molecule has 5 heteroatoms. The summed E-state index contributed by atoms with van der Waals surface area (Å²) in [6.07, 6.45) is 13.7. The summed E-state index contributed by atoms with van der Waals surface area (Å²) in [5.74, 6) is -0.179. The Morgan fingerprint density at radius 3 is 1.70 bits per heavy atom. The molecule has 0 amide bonds. The van der Waals surface area contributed by atoms with E-state index in [0.717, 1.165) is 13.0 Å². The first-order valence-corrected chi connectivity index (χ1v) is 7.73. The Labute approximate surface area is 169 Å². The van der Waals surface area contributed by atoms with Crippen LogP contribution in [0.25, 0.3) is 0 Å². The molecule has 0 saturated heterocycles. The zero-order valence-electron chi connectivity index (χ0n) is 12.3. The van der Waals surface area contributed by atoms with Crippen molar-refractivity contribution >= 4 is 65.1 Å². The quantitative estimate of drug-likeness (QED) is 0.323. The molecule has 0 aromatic heterocycles. The topological polar surface area (TPSA) is 38.3 Å². The first-order chi connectivity index (χ1) is 8.81. The average Bonchev–Trinajstić information content (AvgIpc) is 2.39.